The molecule has 0 aliphatic carbocycles. The molecule has 210 valence electrons. The maximum Gasteiger partial charge on any atom is 0.308 e. The quantitative estimate of drug-likeness (QED) is 0.371. The van der Waals surface area contributed by atoms with Crippen LogP contribution in [0, 0.1) is 0 Å². The molecule has 2 N–H and O–H groups in total. The largest absolute Gasteiger partial charge is 0.452 e. The fourth-order valence-electron chi connectivity index (χ4n) is 4.70. The second kappa shape index (κ2) is 12.4. The first-order valence-electron chi connectivity index (χ1n) is 13.1. The molecule has 1 aliphatic rings. The first-order chi connectivity index (χ1) is 19.1. The number of esters is 1. The highest BCUT2D eigenvalue weighted by atomic mass is 32.2. The Morgan fingerprint density at radius 2 is 1.57 bits per heavy atom. The minimum atomic E-state index is -4.00. The van der Waals surface area contributed by atoms with Crippen LogP contribution in [0.2, 0.25) is 0 Å². The van der Waals surface area contributed by atoms with Gasteiger partial charge in [-0.2, -0.15) is 4.31 Å². The van der Waals surface area contributed by atoms with E-state index in [1.807, 2.05) is 37.3 Å². The molecule has 0 saturated heterocycles. The molecule has 1 heterocycles. The van der Waals surface area contributed by atoms with E-state index in [2.05, 4.69) is 10.6 Å². The molecule has 0 bridgehead atoms. The van der Waals surface area contributed by atoms with Crippen molar-refractivity contribution in [3.63, 3.8) is 0 Å². The summed E-state index contributed by atoms with van der Waals surface area (Å²) in [6, 6.07) is 19.9. The molecule has 0 fully saturated rings. The van der Waals surface area contributed by atoms with Crippen LogP contribution in [0.15, 0.2) is 77.7 Å². The number of ether oxygens (including phenoxy) is 1. The predicted molar refractivity (Wildman–Crippen MR) is 152 cm³/mol. The summed E-state index contributed by atoms with van der Waals surface area (Å²) in [5.74, 6) is -1.43. The standard InChI is InChI=1S/C30H33N3O6S/c1-4-22-9-11-25(12-10-22)32-30(36)20(2)39-29(35)19-28-27-8-6-5-7-23(27)17-18-33(28)40(37,38)26-15-13-24(14-16-26)31-21(3)34/h5-16,20,28H,4,17-19H2,1-3H3,(H,31,34)(H,32,36). The first-order valence-corrected chi connectivity index (χ1v) is 14.6. The highest BCUT2D eigenvalue weighted by Crippen LogP contribution is 2.37. The molecule has 9 nitrogen and oxygen atoms in total. The number of nitrogens with zero attached hydrogens (tertiary/aromatic N) is 1. The van der Waals surface area contributed by atoms with Crippen LogP contribution in [0.25, 0.3) is 0 Å². The van der Waals surface area contributed by atoms with Gasteiger partial charge in [0, 0.05) is 24.8 Å². The fraction of sp³-hybridized carbons (Fsp3) is 0.300. The minimum Gasteiger partial charge on any atom is -0.452 e. The van der Waals surface area contributed by atoms with Crippen molar-refractivity contribution >= 4 is 39.2 Å². The molecular formula is C30H33N3O6S. The number of aryl methyl sites for hydroxylation is 1. The highest BCUT2D eigenvalue weighted by molar-refractivity contribution is 7.89. The van der Waals surface area contributed by atoms with Gasteiger partial charge in [-0.3, -0.25) is 14.4 Å². The lowest BCUT2D eigenvalue weighted by atomic mass is 9.92. The molecule has 0 radical (unpaired) electrons. The summed E-state index contributed by atoms with van der Waals surface area (Å²) in [6.07, 6.45) is 0.0224. The smallest absolute Gasteiger partial charge is 0.308 e. The third kappa shape index (κ3) is 6.75. The van der Waals surface area contributed by atoms with E-state index in [4.69, 9.17) is 4.74 Å². The van der Waals surface area contributed by atoms with Crippen molar-refractivity contribution < 1.29 is 27.5 Å². The molecule has 0 spiro atoms. The Labute approximate surface area is 234 Å². The maximum atomic E-state index is 13.7. The second-order valence-electron chi connectivity index (χ2n) is 9.66. The topological polar surface area (TPSA) is 122 Å². The summed E-state index contributed by atoms with van der Waals surface area (Å²) >= 11 is 0. The molecule has 3 aromatic rings. The Bertz CT molecular complexity index is 1490. The van der Waals surface area contributed by atoms with Crippen LogP contribution in [0.3, 0.4) is 0 Å². The number of nitrogens with one attached hydrogen (secondary N) is 2. The summed E-state index contributed by atoms with van der Waals surface area (Å²) in [4.78, 5) is 37.1. The van der Waals surface area contributed by atoms with E-state index in [0.29, 0.717) is 17.8 Å². The van der Waals surface area contributed by atoms with Gasteiger partial charge in [0.15, 0.2) is 6.10 Å². The van der Waals surface area contributed by atoms with Gasteiger partial charge in [-0.25, -0.2) is 8.42 Å². The van der Waals surface area contributed by atoms with Crippen molar-refractivity contribution in [1.82, 2.24) is 4.31 Å². The normalized spacial score (nSPS) is 15.9. The van der Waals surface area contributed by atoms with Crippen molar-refractivity contribution in [2.75, 3.05) is 17.2 Å². The molecule has 0 saturated carbocycles. The van der Waals surface area contributed by atoms with E-state index < -0.39 is 34.0 Å². The Morgan fingerprint density at radius 1 is 0.950 bits per heavy atom. The van der Waals surface area contributed by atoms with Crippen LogP contribution in [0.1, 0.15) is 49.9 Å². The van der Waals surface area contributed by atoms with Crippen LogP contribution < -0.4 is 10.6 Å². The number of carbonyl (C=O) groups excluding carboxylic acids is 3. The van der Waals surface area contributed by atoms with Gasteiger partial charge >= 0.3 is 5.97 Å². The van der Waals surface area contributed by atoms with E-state index in [9.17, 15) is 22.8 Å². The fourth-order valence-corrected chi connectivity index (χ4v) is 6.31. The van der Waals surface area contributed by atoms with Gasteiger partial charge in [-0.15, -0.1) is 0 Å². The minimum absolute atomic E-state index is 0.0428. The Morgan fingerprint density at radius 3 is 2.23 bits per heavy atom. The van der Waals surface area contributed by atoms with E-state index in [0.717, 1.165) is 23.1 Å². The number of benzene rings is 3. The monoisotopic (exact) mass is 563 g/mol. The third-order valence-electron chi connectivity index (χ3n) is 6.81. The number of rotatable bonds is 9. The molecule has 40 heavy (non-hydrogen) atoms. The third-order valence-corrected chi connectivity index (χ3v) is 8.73. The van der Waals surface area contributed by atoms with Crippen LogP contribution in [0.4, 0.5) is 11.4 Å². The van der Waals surface area contributed by atoms with Gasteiger partial charge in [0.2, 0.25) is 15.9 Å². The van der Waals surface area contributed by atoms with E-state index >= 15 is 0 Å². The molecule has 4 rings (SSSR count). The number of anilines is 2. The number of hydrogen-bond donors (Lipinski definition) is 2. The summed E-state index contributed by atoms with van der Waals surface area (Å²) in [5, 5.41) is 5.36. The molecule has 1 aliphatic heterocycles. The van der Waals surface area contributed by atoms with Gasteiger partial charge in [-0.1, -0.05) is 43.3 Å². The van der Waals surface area contributed by atoms with E-state index in [-0.39, 0.29) is 23.8 Å². The first kappa shape index (κ1) is 29.0. The zero-order valence-corrected chi connectivity index (χ0v) is 23.5. The predicted octanol–water partition coefficient (Wildman–Crippen LogP) is 4.46. The van der Waals surface area contributed by atoms with Crippen molar-refractivity contribution in [2.24, 2.45) is 0 Å². The van der Waals surface area contributed by atoms with Crippen LogP contribution in [-0.2, 0) is 42.0 Å². The zero-order chi connectivity index (χ0) is 28.9. The van der Waals surface area contributed by atoms with E-state index in [1.54, 1.807) is 18.2 Å². The Hall–Kier alpha value is -4.02. The molecular weight excluding hydrogens is 530 g/mol. The lowest BCUT2D eigenvalue weighted by Crippen LogP contribution is -2.41. The lowest BCUT2D eigenvalue weighted by Gasteiger charge is -2.36. The number of hydrogen-bond acceptors (Lipinski definition) is 6. The van der Waals surface area contributed by atoms with Crippen molar-refractivity contribution in [3.05, 3.63) is 89.5 Å². The molecule has 3 aromatic carbocycles. The Balaban J connectivity index is 1.51. The number of amides is 2. The summed E-state index contributed by atoms with van der Waals surface area (Å²) < 4.78 is 34.2. The average Bonchev–Trinajstić information content (AvgIpc) is 2.93. The summed E-state index contributed by atoms with van der Waals surface area (Å²) in [7, 11) is -4.00. The van der Waals surface area contributed by atoms with Gasteiger partial charge in [-0.05, 0) is 72.9 Å². The van der Waals surface area contributed by atoms with Crippen LogP contribution >= 0.6 is 0 Å². The van der Waals surface area contributed by atoms with Crippen molar-refractivity contribution in [2.45, 2.75) is 57.1 Å². The number of sulfonamides is 1. The zero-order valence-electron chi connectivity index (χ0n) is 22.7. The maximum absolute atomic E-state index is 13.7. The van der Waals surface area contributed by atoms with Gasteiger partial charge in [0.1, 0.15) is 0 Å². The van der Waals surface area contributed by atoms with Crippen LogP contribution in [0.5, 0.6) is 0 Å². The average molecular weight is 564 g/mol. The summed E-state index contributed by atoms with van der Waals surface area (Å²) in [6.45, 7) is 5.06. The van der Waals surface area contributed by atoms with Crippen molar-refractivity contribution in [3.8, 4) is 0 Å². The molecule has 10 heteroatoms. The lowest BCUT2D eigenvalue weighted by molar-refractivity contribution is -0.154. The van der Waals surface area contributed by atoms with Gasteiger partial charge in [0.05, 0.1) is 17.4 Å². The second-order valence-corrected chi connectivity index (χ2v) is 11.6. The Kier molecular flexibility index (Phi) is 9.01. The van der Waals surface area contributed by atoms with Gasteiger partial charge < -0.3 is 15.4 Å². The highest BCUT2D eigenvalue weighted by Gasteiger charge is 2.38. The number of carbonyl (C=O) groups is 3. The van der Waals surface area contributed by atoms with Crippen LogP contribution in [-0.4, -0.2) is 43.2 Å². The number of fused-ring (bicyclic) bond motifs is 1. The molecule has 2 amide bonds. The summed E-state index contributed by atoms with van der Waals surface area (Å²) in [5.41, 5.74) is 3.87. The molecule has 2 atom stereocenters. The van der Waals surface area contributed by atoms with Crippen molar-refractivity contribution in [1.29, 1.82) is 0 Å². The van der Waals surface area contributed by atoms with E-state index in [1.165, 1.54) is 42.4 Å². The SMILES string of the molecule is CCc1ccc(NC(=O)C(C)OC(=O)CC2c3ccccc3CCN2S(=O)(=O)c2ccc(NC(C)=O)cc2)cc1. The molecule has 2 unspecified atom stereocenters. The molecule has 0 aromatic heterocycles. The van der Waals surface area contributed by atoms with Gasteiger partial charge in [0.25, 0.3) is 5.91 Å².